The van der Waals surface area contributed by atoms with Crippen LogP contribution in [0, 0.1) is 0 Å². The lowest BCUT2D eigenvalue weighted by molar-refractivity contribution is 0.0337. The molecule has 0 radical (unpaired) electrons. The molecule has 1 aromatic carbocycles. The SMILES string of the molecule is O=C(O)c1coc(C(=O)NC2(c3ccc(Br)cc3)CCOCC2)c1. The first-order chi connectivity index (χ1) is 11.5. The van der Waals surface area contributed by atoms with Gasteiger partial charge in [0.05, 0.1) is 11.1 Å². The molecule has 1 amide bonds. The second-order valence-electron chi connectivity index (χ2n) is 5.66. The Labute approximate surface area is 146 Å². The summed E-state index contributed by atoms with van der Waals surface area (Å²) in [5.41, 5.74) is 0.365. The third-order valence-electron chi connectivity index (χ3n) is 4.17. The molecule has 0 aliphatic carbocycles. The van der Waals surface area contributed by atoms with Crippen molar-refractivity contribution < 1.29 is 23.8 Å². The Morgan fingerprint density at radius 1 is 1.17 bits per heavy atom. The van der Waals surface area contributed by atoms with Crippen molar-refractivity contribution in [3.63, 3.8) is 0 Å². The fraction of sp³-hybridized carbons (Fsp3) is 0.294. The molecule has 1 fully saturated rings. The van der Waals surface area contributed by atoms with E-state index in [0.717, 1.165) is 16.3 Å². The van der Waals surface area contributed by atoms with Gasteiger partial charge in [0.2, 0.25) is 0 Å². The zero-order valence-corrected chi connectivity index (χ0v) is 14.3. The van der Waals surface area contributed by atoms with Gasteiger partial charge in [-0.15, -0.1) is 0 Å². The second kappa shape index (κ2) is 6.78. The quantitative estimate of drug-likeness (QED) is 0.832. The largest absolute Gasteiger partial charge is 0.478 e. The number of carbonyl (C=O) groups is 2. The van der Waals surface area contributed by atoms with Crippen molar-refractivity contribution in [2.24, 2.45) is 0 Å². The van der Waals surface area contributed by atoms with E-state index in [0.29, 0.717) is 26.1 Å². The standard InChI is InChI=1S/C17H16BrNO5/c18-13-3-1-12(2-4-13)17(5-7-23-8-6-17)19-15(20)14-9-11(10-24-14)16(21)22/h1-4,9-10H,5-8H2,(H,19,20)(H,21,22). The molecule has 6 nitrogen and oxygen atoms in total. The lowest BCUT2D eigenvalue weighted by Gasteiger charge is -2.38. The van der Waals surface area contributed by atoms with Gasteiger partial charge in [-0.1, -0.05) is 28.1 Å². The van der Waals surface area contributed by atoms with Gasteiger partial charge in [-0.3, -0.25) is 4.79 Å². The minimum atomic E-state index is -1.13. The highest BCUT2D eigenvalue weighted by atomic mass is 79.9. The van der Waals surface area contributed by atoms with Crippen molar-refractivity contribution in [1.29, 1.82) is 0 Å². The minimum Gasteiger partial charge on any atom is -0.478 e. The lowest BCUT2D eigenvalue weighted by atomic mass is 9.82. The van der Waals surface area contributed by atoms with Crippen molar-refractivity contribution in [1.82, 2.24) is 5.32 Å². The van der Waals surface area contributed by atoms with Gasteiger partial charge in [0.25, 0.3) is 5.91 Å². The highest BCUT2D eigenvalue weighted by molar-refractivity contribution is 9.10. The number of carboxylic acids is 1. The van der Waals surface area contributed by atoms with Crippen molar-refractivity contribution in [2.45, 2.75) is 18.4 Å². The van der Waals surface area contributed by atoms with Gasteiger partial charge in [0.15, 0.2) is 5.76 Å². The van der Waals surface area contributed by atoms with Crippen LogP contribution in [0.25, 0.3) is 0 Å². The van der Waals surface area contributed by atoms with E-state index in [2.05, 4.69) is 21.2 Å². The second-order valence-corrected chi connectivity index (χ2v) is 6.58. The van der Waals surface area contributed by atoms with Gasteiger partial charge in [0, 0.05) is 23.8 Å². The van der Waals surface area contributed by atoms with E-state index in [4.69, 9.17) is 14.3 Å². The fourth-order valence-electron chi connectivity index (χ4n) is 2.82. The Hall–Kier alpha value is -2.12. The molecule has 3 rings (SSSR count). The maximum absolute atomic E-state index is 12.5. The summed E-state index contributed by atoms with van der Waals surface area (Å²) in [6, 6.07) is 9.00. The smallest absolute Gasteiger partial charge is 0.338 e. The number of carboxylic acid groups (broad SMARTS) is 1. The molecule has 0 spiro atoms. The van der Waals surface area contributed by atoms with Crippen LogP contribution in [0.1, 0.15) is 39.3 Å². The van der Waals surface area contributed by atoms with E-state index in [1.54, 1.807) is 0 Å². The van der Waals surface area contributed by atoms with Crippen LogP contribution in [0.3, 0.4) is 0 Å². The fourth-order valence-corrected chi connectivity index (χ4v) is 3.09. The summed E-state index contributed by atoms with van der Waals surface area (Å²) >= 11 is 3.41. The minimum absolute atomic E-state index is 0.0182. The molecular formula is C17H16BrNO5. The molecule has 1 aliphatic rings. The average Bonchev–Trinajstić information content (AvgIpc) is 3.07. The predicted octanol–water partition coefficient (Wildman–Crippen LogP) is 3.18. The van der Waals surface area contributed by atoms with E-state index < -0.39 is 17.4 Å². The first kappa shape index (κ1) is 16.7. The molecule has 2 N–H and O–H groups in total. The Balaban J connectivity index is 1.87. The maximum atomic E-state index is 12.5. The summed E-state index contributed by atoms with van der Waals surface area (Å²) in [7, 11) is 0. The van der Waals surface area contributed by atoms with E-state index in [-0.39, 0.29) is 11.3 Å². The zero-order valence-electron chi connectivity index (χ0n) is 12.8. The molecule has 1 saturated heterocycles. The van der Waals surface area contributed by atoms with Crippen molar-refractivity contribution in [3.8, 4) is 0 Å². The number of halogens is 1. The lowest BCUT2D eigenvalue weighted by Crippen LogP contribution is -2.49. The normalized spacial score (nSPS) is 16.5. The predicted molar refractivity (Wildman–Crippen MR) is 89.0 cm³/mol. The molecule has 2 heterocycles. The summed E-state index contributed by atoms with van der Waals surface area (Å²) in [5.74, 6) is -1.59. The third kappa shape index (κ3) is 3.37. The van der Waals surface area contributed by atoms with Gasteiger partial charge in [-0.05, 0) is 30.5 Å². The molecule has 7 heteroatoms. The number of carbonyl (C=O) groups excluding carboxylic acids is 1. The van der Waals surface area contributed by atoms with Gasteiger partial charge in [-0.2, -0.15) is 0 Å². The van der Waals surface area contributed by atoms with Crippen LogP contribution in [0.5, 0.6) is 0 Å². The highest BCUT2D eigenvalue weighted by Crippen LogP contribution is 2.33. The number of hydrogen-bond donors (Lipinski definition) is 2. The molecule has 2 aromatic rings. The molecule has 0 atom stereocenters. The molecular weight excluding hydrogens is 378 g/mol. The Bertz CT molecular complexity index is 747. The van der Waals surface area contributed by atoms with Crippen molar-refractivity contribution >= 4 is 27.8 Å². The first-order valence-corrected chi connectivity index (χ1v) is 8.28. The average molecular weight is 394 g/mol. The molecule has 126 valence electrons. The molecule has 1 aliphatic heterocycles. The number of furan rings is 1. The number of benzene rings is 1. The number of nitrogens with one attached hydrogen (secondary N) is 1. The van der Waals surface area contributed by atoms with E-state index in [9.17, 15) is 9.59 Å². The van der Waals surface area contributed by atoms with Crippen molar-refractivity contribution in [3.05, 3.63) is 58.0 Å². The summed E-state index contributed by atoms with van der Waals surface area (Å²) in [6.45, 7) is 1.07. The molecule has 24 heavy (non-hydrogen) atoms. The number of rotatable bonds is 4. The monoisotopic (exact) mass is 393 g/mol. The van der Waals surface area contributed by atoms with Crippen molar-refractivity contribution in [2.75, 3.05) is 13.2 Å². The van der Waals surface area contributed by atoms with E-state index in [1.165, 1.54) is 6.07 Å². The summed E-state index contributed by atoms with van der Waals surface area (Å²) < 4.78 is 11.5. The third-order valence-corrected chi connectivity index (χ3v) is 4.69. The summed E-state index contributed by atoms with van der Waals surface area (Å²) in [5, 5.41) is 12.0. The number of ether oxygens (including phenoxy) is 1. The summed E-state index contributed by atoms with van der Waals surface area (Å²) in [4.78, 5) is 23.5. The topological polar surface area (TPSA) is 88.8 Å². The molecule has 0 saturated carbocycles. The van der Waals surface area contributed by atoms with Crippen LogP contribution >= 0.6 is 15.9 Å². The zero-order chi connectivity index (χ0) is 17.2. The number of aromatic carboxylic acids is 1. The van der Waals surface area contributed by atoms with Gasteiger partial charge in [0.1, 0.15) is 6.26 Å². The van der Waals surface area contributed by atoms with Crippen LogP contribution in [0.4, 0.5) is 0 Å². The van der Waals surface area contributed by atoms with Crippen LogP contribution in [0.15, 0.2) is 45.5 Å². The highest BCUT2D eigenvalue weighted by Gasteiger charge is 2.36. The van der Waals surface area contributed by atoms with Gasteiger partial charge < -0.3 is 19.6 Å². The van der Waals surface area contributed by atoms with Gasteiger partial charge in [-0.25, -0.2) is 4.79 Å². The Morgan fingerprint density at radius 2 is 1.83 bits per heavy atom. The van der Waals surface area contributed by atoms with E-state index in [1.807, 2.05) is 24.3 Å². The van der Waals surface area contributed by atoms with E-state index >= 15 is 0 Å². The molecule has 1 aromatic heterocycles. The van der Waals surface area contributed by atoms with Gasteiger partial charge >= 0.3 is 5.97 Å². The molecule has 0 bridgehead atoms. The molecule has 0 unspecified atom stereocenters. The van der Waals surface area contributed by atoms with Crippen LogP contribution < -0.4 is 5.32 Å². The maximum Gasteiger partial charge on any atom is 0.338 e. The first-order valence-electron chi connectivity index (χ1n) is 7.48. The van der Waals surface area contributed by atoms with Crippen LogP contribution in [-0.2, 0) is 10.3 Å². The Morgan fingerprint density at radius 3 is 2.42 bits per heavy atom. The number of amides is 1. The number of hydrogen-bond acceptors (Lipinski definition) is 4. The van der Waals surface area contributed by atoms with Crippen LogP contribution in [-0.4, -0.2) is 30.2 Å². The van der Waals surface area contributed by atoms with Crippen LogP contribution in [0.2, 0.25) is 0 Å². The Kier molecular flexibility index (Phi) is 4.73. The summed E-state index contributed by atoms with van der Waals surface area (Å²) in [6.07, 6.45) is 2.33.